The van der Waals surface area contributed by atoms with Gasteiger partial charge in [0.05, 0.1) is 5.69 Å². The van der Waals surface area contributed by atoms with E-state index in [1.165, 1.54) is 27.1 Å². The van der Waals surface area contributed by atoms with E-state index < -0.39 is 0 Å². The molecule has 1 aromatic heterocycles. The second-order valence-electron chi connectivity index (χ2n) is 3.07. The van der Waals surface area contributed by atoms with Crippen molar-refractivity contribution in [1.82, 2.24) is 0 Å². The van der Waals surface area contributed by atoms with Crippen molar-refractivity contribution in [2.75, 3.05) is 11.9 Å². The normalized spacial score (nSPS) is 14.7. The average Bonchev–Trinajstić information content (AvgIpc) is 2.62. The zero-order valence-electron chi connectivity index (χ0n) is 6.63. The van der Waals surface area contributed by atoms with Crippen LogP contribution in [0.2, 0.25) is 0 Å². The summed E-state index contributed by atoms with van der Waals surface area (Å²) in [5.74, 6) is 0. The van der Waals surface area contributed by atoms with Gasteiger partial charge in [0, 0.05) is 27.9 Å². The maximum atomic E-state index is 3.43. The lowest BCUT2D eigenvalue weighted by molar-refractivity contribution is 1.12. The fraction of sp³-hybridized carbons (Fsp3) is 0.200. The van der Waals surface area contributed by atoms with Gasteiger partial charge in [-0.1, -0.05) is 18.2 Å². The summed E-state index contributed by atoms with van der Waals surface area (Å²) in [6, 6.07) is 8.60. The summed E-state index contributed by atoms with van der Waals surface area (Å²) in [4.78, 5) is 1.52. The van der Waals surface area contributed by atoms with Gasteiger partial charge < -0.3 is 5.32 Å². The molecule has 3 rings (SSSR count). The highest BCUT2D eigenvalue weighted by molar-refractivity contribution is 7.19. The van der Waals surface area contributed by atoms with Crippen LogP contribution in [0.25, 0.3) is 10.1 Å². The lowest BCUT2D eigenvalue weighted by Gasteiger charge is -1.94. The van der Waals surface area contributed by atoms with Gasteiger partial charge in [0.15, 0.2) is 0 Å². The molecule has 12 heavy (non-hydrogen) atoms. The minimum absolute atomic E-state index is 1.12. The van der Waals surface area contributed by atoms with Crippen molar-refractivity contribution in [1.29, 1.82) is 0 Å². The van der Waals surface area contributed by atoms with E-state index in [0.717, 1.165) is 6.54 Å². The molecule has 0 atom stereocenters. The van der Waals surface area contributed by atoms with E-state index in [4.69, 9.17) is 0 Å². The van der Waals surface area contributed by atoms with Crippen molar-refractivity contribution in [2.45, 2.75) is 6.42 Å². The SMILES string of the molecule is c1ccc2c3c(sc2c1)CCN3. The molecule has 1 aromatic carbocycles. The van der Waals surface area contributed by atoms with Gasteiger partial charge in [0.1, 0.15) is 0 Å². The summed E-state index contributed by atoms with van der Waals surface area (Å²) >= 11 is 1.92. The van der Waals surface area contributed by atoms with Crippen LogP contribution in [0, 0.1) is 0 Å². The highest BCUT2D eigenvalue weighted by Crippen LogP contribution is 2.38. The monoisotopic (exact) mass is 175 g/mol. The molecule has 0 aliphatic carbocycles. The maximum Gasteiger partial charge on any atom is 0.0562 e. The van der Waals surface area contributed by atoms with Gasteiger partial charge in [-0.05, 0) is 6.07 Å². The molecule has 1 N–H and O–H groups in total. The maximum absolute atomic E-state index is 3.43. The van der Waals surface area contributed by atoms with Gasteiger partial charge in [-0.25, -0.2) is 0 Å². The van der Waals surface area contributed by atoms with E-state index in [-0.39, 0.29) is 0 Å². The first-order chi connectivity index (χ1) is 5.95. The first-order valence-electron chi connectivity index (χ1n) is 4.19. The molecule has 0 amide bonds. The van der Waals surface area contributed by atoms with Crippen LogP contribution < -0.4 is 5.32 Å². The number of hydrogen-bond acceptors (Lipinski definition) is 2. The molecule has 60 valence electrons. The molecular formula is C10H9NS. The van der Waals surface area contributed by atoms with Gasteiger partial charge in [-0.3, -0.25) is 0 Å². The Kier molecular flexibility index (Phi) is 1.21. The molecule has 2 heterocycles. The Labute approximate surface area is 75.0 Å². The minimum Gasteiger partial charge on any atom is -0.383 e. The van der Waals surface area contributed by atoms with E-state index in [9.17, 15) is 0 Å². The molecular weight excluding hydrogens is 166 g/mol. The summed E-state index contributed by atoms with van der Waals surface area (Å²) in [6.45, 7) is 1.12. The number of benzene rings is 1. The molecule has 1 aliphatic heterocycles. The van der Waals surface area contributed by atoms with Crippen molar-refractivity contribution in [3.8, 4) is 0 Å². The molecule has 0 fully saturated rings. The van der Waals surface area contributed by atoms with E-state index in [0.29, 0.717) is 0 Å². The number of hydrogen-bond donors (Lipinski definition) is 1. The molecule has 1 nitrogen and oxygen atoms in total. The number of fused-ring (bicyclic) bond motifs is 3. The fourth-order valence-electron chi connectivity index (χ4n) is 1.77. The van der Waals surface area contributed by atoms with Crippen LogP contribution in [-0.2, 0) is 6.42 Å². The molecule has 2 heteroatoms. The van der Waals surface area contributed by atoms with Crippen LogP contribution in [0.3, 0.4) is 0 Å². The Morgan fingerprint density at radius 3 is 3.17 bits per heavy atom. The number of rotatable bonds is 0. The third-order valence-electron chi connectivity index (χ3n) is 2.32. The summed E-state index contributed by atoms with van der Waals surface area (Å²) in [5.41, 5.74) is 1.38. The number of nitrogens with one attached hydrogen (secondary N) is 1. The van der Waals surface area contributed by atoms with Crippen LogP contribution in [0.15, 0.2) is 24.3 Å². The molecule has 1 aliphatic rings. The highest BCUT2D eigenvalue weighted by atomic mass is 32.1. The van der Waals surface area contributed by atoms with E-state index >= 15 is 0 Å². The van der Waals surface area contributed by atoms with Crippen LogP contribution in [-0.4, -0.2) is 6.54 Å². The van der Waals surface area contributed by atoms with Gasteiger partial charge in [0.2, 0.25) is 0 Å². The molecule has 0 unspecified atom stereocenters. The molecule has 2 aromatic rings. The van der Waals surface area contributed by atoms with E-state index in [2.05, 4.69) is 29.6 Å². The average molecular weight is 175 g/mol. The first-order valence-corrected chi connectivity index (χ1v) is 5.01. The quantitative estimate of drug-likeness (QED) is 0.649. The standard InChI is InChI=1S/C10H9NS/c1-2-4-8-7(3-1)10-9(12-8)5-6-11-10/h1-4,11H,5-6H2. The number of anilines is 1. The minimum atomic E-state index is 1.12. The Morgan fingerprint density at radius 1 is 1.25 bits per heavy atom. The van der Waals surface area contributed by atoms with Gasteiger partial charge >= 0.3 is 0 Å². The highest BCUT2D eigenvalue weighted by Gasteiger charge is 2.15. The molecule has 0 saturated carbocycles. The summed E-state index contributed by atoms with van der Waals surface area (Å²) in [5, 5.41) is 4.83. The van der Waals surface area contributed by atoms with Gasteiger partial charge in [-0.2, -0.15) is 0 Å². The zero-order valence-corrected chi connectivity index (χ0v) is 7.45. The predicted octanol–water partition coefficient (Wildman–Crippen LogP) is 2.87. The Hall–Kier alpha value is -1.02. The lowest BCUT2D eigenvalue weighted by Crippen LogP contribution is -1.91. The van der Waals surface area contributed by atoms with Crippen molar-refractivity contribution in [3.63, 3.8) is 0 Å². The largest absolute Gasteiger partial charge is 0.383 e. The van der Waals surface area contributed by atoms with Crippen molar-refractivity contribution < 1.29 is 0 Å². The number of thiophene rings is 1. The third-order valence-corrected chi connectivity index (χ3v) is 3.55. The van der Waals surface area contributed by atoms with Crippen LogP contribution in [0.1, 0.15) is 4.88 Å². The second kappa shape index (κ2) is 2.23. The third kappa shape index (κ3) is 0.730. The van der Waals surface area contributed by atoms with Crippen LogP contribution >= 0.6 is 11.3 Å². The van der Waals surface area contributed by atoms with Crippen molar-refractivity contribution in [2.24, 2.45) is 0 Å². The smallest absolute Gasteiger partial charge is 0.0562 e. The van der Waals surface area contributed by atoms with Crippen molar-refractivity contribution in [3.05, 3.63) is 29.1 Å². The topological polar surface area (TPSA) is 12.0 Å². The van der Waals surface area contributed by atoms with E-state index in [1.807, 2.05) is 11.3 Å². The Balaban J connectivity index is 2.44. The first kappa shape index (κ1) is 6.49. The lowest BCUT2D eigenvalue weighted by atomic mass is 10.2. The van der Waals surface area contributed by atoms with Crippen LogP contribution in [0.5, 0.6) is 0 Å². The van der Waals surface area contributed by atoms with Gasteiger partial charge in [0.25, 0.3) is 0 Å². The summed E-state index contributed by atoms with van der Waals surface area (Å²) in [6.07, 6.45) is 1.20. The second-order valence-corrected chi connectivity index (χ2v) is 4.21. The molecule has 0 spiro atoms. The van der Waals surface area contributed by atoms with Crippen molar-refractivity contribution >= 4 is 27.1 Å². The molecule has 0 radical (unpaired) electrons. The molecule has 0 saturated heterocycles. The fourth-order valence-corrected chi connectivity index (χ4v) is 2.95. The predicted molar refractivity (Wildman–Crippen MR) is 54.0 cm³/mol. The van der Waals surface area contributed by atoms with E-state index in [1.54, 1.807) is 0 Å². The summed E-state index contributed by atoms with van der Waals surface area (Å²) in [7, 11) is 0. The Bertz CT molecular complexity index is 430. The van der Waals surface area contributed by atoms with Gasteiger partial charge in [-0.15, -0.1) is 11.3 Å². The Morgan fingerprint density at radius 2 is 2.17 bits per heavy atom. The summed E-state index contributed by atoms with van der Waals surface area (Å²) < 4.78 is 1.41. The zero-order chi connectivity index (χ0) is 7.97. The molecule has 0 bridgehead atoms. The van der Waals surface area contributed by atoms with Crippen LogP contribution in [0.4, 0.5) is 5.69 Å².